The van der Waals surface area contributed by atoms with Crippen LogP contribution in [0.25, 0.3) is 0 Å². The molecular formula is C15H18BrN3O. The maximum atomic E-state index is 12.3. The minimum atomic E-state index is -0.0902. The molecule has 1 heterocycles. The van der Waals surface area contributed by atoms with Crippen LogP contribution in [0.3, 0.4) is 0 Å². The van der Waals surface area contributed by atoms with E-state index in [0.29, 0.717) is 5.56 Å². The summed E-state index contributed by atoms with van der Waals surface area (Å²) in [5, 5.41) is 7.41. The second kappa shape index (κ2) is 5.79. The fraction of sp³-hybridized carbons (Fsp3) is 0.333. The molecule has 0 saturated heterocycles. The summed E-state index contributed by atoms with van der Waals surface area (Å²) >= 11 is 3.40. The Labute approximate surface area is 127 Å². The van der Waals surface area contributed by atoms with E-state index in [4.69, 9.17) is 0 Å². The smallest absolute Gasteiger partial charge is 0.252 e. The average molecular weight is 336 g/mol. The maximum absolute atomic E-state index is 12.3. The van der Waals surface area contributed by atoms with Gasteiger partial charge in [0.25, 0.3) is 5.91 Å². The Morgan fingerprint density at radius 3 is 2.55 bits per heavy atom. The number of amides is 1. The molecule has 5 heteroatoms. The molecular weight excluding hydrogens is 318 g/mol. The van der Waals surface area contributed by atoms with Crippen molar-refractivity contribution in [2.45, 2.75) is 26.8 Å². The average Bonchev–Trinajstić information content (AvgIpc) is 2.63. The number of carbonyl (C=O) groups excluding carboxylic acids is 1. The lowest BCUT2D eigenvalue weighted by Crippen LogP contribution is -2.27. The third-order valence-electron chi connectivity index (χ3n) is 3.46. The van der Waals surface area contributed by atoms with Crippen LogP contribution >= 0.6 is 15.9 Å². The highest BCUT2D eigenvalue weighted by Gasteiger charge is 2.19. The molecule has 1 atom stereocenters. The van der Waals surface area contributed by atoms with Gasteiger partial charge in [-0.3, -0.25) is 9.48 Å². The van der Waals surface area contributed by atoms with Gasteiger partial charge in [-0.25, -0.2) is 0 Å². The summed E-state index contributed by atoms with van der Waals surface area (Å²) in [6.45, 7) is 5.95. The van der Waals surface area contributed by atoms with Crippen molar-refractivity contribution >= 4 is 21.8 Å². The van der Waals surface area contributed by atoms with E-state index < -0.39 is 0 Å². The summed E-state index contributed by atoms with van der Waals surface area (Å²) in [4.78, 5) is 12.3. The largest absolute Gasteiger partial charge is 0.345 e. The summed E-state index contributed by atoms with van der Waals surface area (Å²) in [6, 6.07) is 7.32. The van der Waals surface area contributed by atoms with Crippen molar-refractivity contribution in [3.05, 3.63) is 51.3 Å². The van der Waals surface area contributed by atoms with E-state index in [9.17, 15) is 4.79 Å². The number of aryl methyl sites for hydroxylation is 2. The first kappa shape index (κ1) is 14.8. The first-order valence-corrected chi connectivity index (χ1v) is 7.26. The van der Waals surface area contributed by atoms with Crippen LogP contribution in [0.2, 0.25) is 0 Å². The molecule has 1 amide bonds. The van der Waals surface area contributed by atoms with Gasteiger partial charge in [0.1, 0.15) is 0 Å². The molecule has 2 aromatic rings. The van der Waals surface area contributed by atoms with E-state index in [0.717, 1.165) is 21.4 Å². The van der Waals surface area contributed by atoms with Crippen LogP contribution in [0.4, 0.5) is 0 Å². The molecule has 1 aromatic heterocycles. The van der Waals surface area contributed by atoms with Crippen LogP contribution in [-0.2, 0) is 7.05 Å². The van der Waals surface area contributed by atoms with Crippen LogP contribution in [-0.4, -0.2) is 15.7 Å². The predicted octanol–water partition coefficient (Wildman–Crippen LogP) is 3.29. The number of aromatic nitrogens is 2. The second-order valence-electron chi connectivity index (χ2n) is 4.88. The third-order valence-corrected chi connectivity index (χ3v) is 4.16. The number of benzene rings is 1. The van der Waals surface area contributed by atoms with Crippen LogP contribution in [0.1, 0.15) is 40.3 Å². The van der Waals surface area contributed by atoms with Crippen LogP contribution in [0.15, 0.2) is 28.7 Å². The lowest BCUT2D eigenvalue weighted by atomic mass is 10.1. The minimum absolute atomic E-state index is 0.0803. The quantitative estimate of drug-likeness (QED) is 0.935. The lowest BCUT2D eigenvalue weighted by Gasteiger charge is -2.15. The van der Waals surface area contributed by atoms with E-state index in [1.54, 1.807) is 6.07 Å². The fourth-order valence-corrected chi connectivity index (χ4v) is 2.87. The van der Waals surface area contributed by atoms with Crippen molar-refractivity contribution in [1.82, 2.24) is 15.1 Å². The number of halogens is 1. The van der Waals surface area contributed by atoms with Gasteiger partial charge < -0.3 is 5.32 Å². The van der Waals surface area contributed by atoms with Gasteiger partial charge >= 0.3 is 0 Å². The number of nitrogens with one attached hydrogen (secondary N) is 1. The zero-order valence-corrected chi connectivity index (χ0v) is 13.7. The van der Waals surface area contributed by atoms with Crippen molar-refractivity contribution in [2.24, 2.45) is 7.05 Å². The van der Waals surface area contributed by atoms with E-state index in [-0.39, 0.29) is 11.9 Å². The Balaban J connectivity index is 2.22. The number of rotatable bonds is 3. The van der Waals surface area contributed by atoms with Gasteiger partial charge in [-0.2, -0.15) is 5.10 Å². The number of nitrogens with zero attached hydrogens (tertiary/aromatic N) is 2. The monoisotopic (exact) mass is 335 g/mol. The van der Waals surface area contributed by atoms with Crippen molar-refractivity contribution in [2.75, 3.05) is 0 Å². The van der Waals surface area contributed by atoms with E-state index in [1.165, 1.54) is 0 Å². The van der Waals surface area contributed by atoms with Crippen molar-refractivity contribution in [1.29, 1.82) is 0 Å². The summed E-state index contributed by atoms with van der Waals surface area (Å²) in [5.74, 6) is -0.0902. The van der Waals surface area contributed by atoms with Gasteiger partial charge in [0.15, 0.2) is 0 Å². The number of carbonyl (C=O) groups is 1. The van der Waals surface area contributed by atoms with E-state index >= 15 is 0 Å². The van der Waals surface area contributed by atoms with Gasteiger partial charge in [0.2, 0.25) is 0 Å². The Bertz CT molecular complexity index is 649. The highest BCUT2D eigenvalue weighted by Crippen LogP contribution is 2.22. The van der Waals surface area contributed by atoms with Crippen molar-refractivity contribution in [3.8, 4) is 0 Å². The zero-order valence-electron chi connectivity index (χ0n) is 12.1. The Hall–Kier alpha value is -1.62. The summed E-state index contributed by atoms with van der Waals surface area (Å²) in [5.41, 5.74) is 3.74. The molecule has 106 valence electrons. The Kier molecular flexibility index (Phi) is 4.28. The molecule has 0 aliphatic carbocycles. The SMILES string of the molecule is Cc1nn(C)c(C)c1[C@H](C)NC(=O)c1ccccc1Br. The van der Waals surface area contributed by atoms with Crippen LogP contribution < -0.4 is 5.32 Å². The standard InChI is InChI=1S/C15H18BrN3O/c1-9(14-10(2)18-19(4)11(14)3)17-15(20)12-7-5-6-8-13(12)16/h5-9H,1-4H3,(H,17,20)/t9-/m0/s1. The Morgan fingerprint density at radius 2 is 2.00 bits per heavy atom. The first-order valence-electron chi connectivity index (χ1n) is 6.47. The molecule has 0 bridgehead atoms. The summed E-state index contributed by atoms with van der Waals surface area (Å²) in [6.07, 6.45) is 0. The zero-order chi connectivity index (χ0) is 14.9. The number of hydrogen-bond acceptors (Lipinski definition) is 2. The normalized spacial score (nSPS) is 12.2. The molecule has 1 N–H and O–H groups in total. The minimum Gasteiger partial charge on any atom is -0.345 e. The van der Waals surface area contributed by atoms with Crippen molar-refractivity contribution < 1.29 is 4.79 Å². The number of hydrogen-bond donors (Lipinski definition) is 1. The van der Waals surface area contributed by atoms with E-state index in [2.05, 4.69) is 26.3 Å². The topological polar surface area (TPSA) is 46.9 Å². The molecule has 0 spiro atoms. The first-order chi connectivity index (χ1) is 9.41. The maximum Gasteiger partial charge on any atom is 0.252 e. The fourth-order valence-electron chi connectivity index (χ4n) is 2.41. The molecule has 0 radical (unpaired) electrons. The molecule has 0 aliphatic rings. The molecule has 2 rings (SSSR count). The summed E-state index contributed by atoms with van der Waals surface area (Å²) in [7, 11) is 1.91. The predicted molar refractivity (Wildman–Crippen MR) is 82.7 cm³/mol. The summed E-state index contributed by atoms with van der Waals surface area (Å²) < 4.78 is 2.63. The van der Waals surface area contributed by atoms with Gasteiger partial charge in [-0.05, 0) is 48.8 Å². The molecule has 4 nitrogen and oxygen atoms in total. The molecule has 0 saturated carbocycles. The van der Waals surface area contributed by atoms with Gasteiger partial charge in [0, 0.05) is 22.8 Å². The second-order valence-corrected chi connectivity index (χ2v) is 5.74. The highest BCUT2D eigenvalue weighted by atomic mass is 79.9. The molecule has 0 aliphatic heterocycles. The molecule has 1 aromatic carbocycles. The van der Waals surface area contributed by atoms with Gasteiger partial charge in [-0.1, -0.05) is 12.1 Å². The van der Waals surface area contributed by atoms with Gasteiger partial charge in [-0.15, -0.1) is 0 Å². The highest BCUT2D eigenvalue weighted by molar-refractivity contribution is 9.10. The van der Waals surface area contributed by atoms with Gasteiger partial charge in [0.05, 0.1) is 17.3 Å². The lowest BCUT2D eigenvalue weighted by molar-refractivity contribution is 0.0939. The van der Waals surface area contributed by atoms with E-state index in [1.807, 2.05) is 50.7 Å². The van der Waals surface area contributed by atoms with Crippen LogP contribution in [0, 0.1) is 13.8 Å². The third kappa shape index (κ3) is 2.77. The Morgan fingerprint density at radius 1 is 1.35 bits per heavy atom. The molecule has 20 heavy (non-hydrogen) atoms. The molecule has 0 unspecified atom stereocenters. The van der Waals surface area contributed by atoms with Crippen molar-refractivity contribution in [3.63, 3.8) is 0 Å². The molecule has 0 fully saturated rings. The van der Waals surface area contributed by atoms with Crippen LogP contribution in [0.5, 0.6) is 0 Å².